The van der Waals surface area contributed by atoms with Gasteiger partial charge in [-0.2, -0.15) is 0 Å². The molecule has 29 heavy (non-hydrogen) atoms. The van der Waals surface area contributed by atoms with E-state index in [0.29, 0.717) is 58.0 Å². The molecule has 1 aromatic carbocycles. The third kappa shape index (κ3) is 4.41. The van der Waals surface area contributed by atoms with E-state index < -0.39 is 5.82 Å². The third-order valence-corrected chi connectivity index (χ3v) is 4.49. The second kappa shape index (κ2) is 8.79. The lowest BCUT2D eigenvalue weighted by Gasteiger charge is -2.23. The number of fused-ring (bicyclic) bond motifs is 1. The molecule has 1 aliphatic heterocycles. The molecule has 5 N–H and O–H groups in total. The zero-order valence-electron chi connectivity index (χ0n) is 15.9. The molecule has 2 heterocycles. The van der Waals surface area contributed by atoms with Crippen LogP contribution in [-0.2, 0) is 0 Å². The van der Waals surface area contributed by atoms with Crippen LogP contribution in [0.2, 0.25) is 5.02 Å². The highest BCUT2D eigenvalue weighted by atomic mass is 35.5. The number of nitrogens with zero attached hydrogens (tertiary/aromatic N) is 2. The van der Waals surface area contributed by atoms with Crippen LogP contribution in [0.4, 0.5) is 10.2 Å². The zero-order chi connectivity index (χ0) is 21.0. The van der Waals surface area contributed by atoms with Gasteiger partial charge in [0.25, 0.3) is 0 Å². The first-order valence-electron chi connectivity index (χ1n) is 8.87. The molecule has 0 radical (unpaired) electrons. The molecule has 150 valence electrons. The van der Waals surface area contributed by atoms with Crippen molar-refractivity contribution >= 4 is 29.3 Å². The van der Waals surface area contributed by atoms with Crippen molar-refractivity contribution in [2.75, 3.05) is 18.5 Å². The van der Waals surface area contributed by atoms with Gasteiger partial charge in [-0.25, -0.2) is 14.4 Å². The van der Waals surface area contributed by atoms with Crippen molar-refractivity contribution in [2.45, 2.75) is 6.92 Å². The van der Waals surface area contributed by atoms with Crippen LogP contribution in [0.25, 0.3) is 16.8 Å². The van der Waals surface area contributed by atoms with E-state index in [0.717, 1.165) is 6.34 Å². The lowest BCUT2D eigenvalue weighted by atomic mass is 10.00. The van der Waals surface area contributed by atoms with E-state index in [1.165, 1.54) is 18.2 Å². The fourth-order valence-corrected chi connectivity index (χ4v) is 3.07. The molecule has 0 spiro atoms. The molecule has 0 aliphatic carbocycles. The van der Waals surface area contributed by atoms with Crippen molar-refractivity contribution in [3.63, 3.8) is 0 Å². The molecule has 6 nitrogen and oxygen atoms in total. The Balaban J connectivity index is 2.25. The van der Waals surface area contributed by atoms with E-state index in [9.17, 15) is 4.39 Å². The largest absolute Gasteiger partial charge is 0.487 e. The van der Waals surface area contributed by atoms with E-state index in [4.69, 9.17) is 27.8 Å². The van der Waals surface area contributed by atoms with Crippen molar-refractivity contribution in [3.8, 4) is 17.0 Å². The average molecular weight is 414 g/mol. The topological polar surface area (TPSA) is 98.5 Å². The molecule has 0 saturated carbocycles. The molecule has 8 heteroatoms. The van der Waals surface area contributed by atoms with E-state index in [1.807, 2.05) is 0 Å². The van der Waals surface area contributed by atoms with Gasteiger partial charge in [0.15, 0.2) is 11.6 Å². The number of halogens is 2. The quantitative estimate of drug-likeness (QED) is 0.389. The van der Waals surface area contributed by atoms with Crippen molar-refractivity contribution in [3.05, 3.63) is 70.8 Å². The first kappa shape index (κ1) is 20.4. The van der Waals surface area contributed by atoms with Crippen LogP contribution >= 0.6 is 11.6 Å². The first-order chi connectivity index (χ1) is 13.9. The van der Waals surface area contributed by atoms with Crippen LogP contribution in [0.1, 0.15) is 12.5 Å². The number of ether oxygens (including phenoxy) is 1. The highest BCUT2D eigenvalue weighted by Crippen LogP contribution is 2.39. The number of allylic oxidation sites excluding steroid dienone is 4. The standard InChI is InChI=1S/C21H21ClFN5O/c1-3-13(8-18(12(2)25)27-11-24)15-10-19(16-9-14(22)4-5-17(16)23)28-21-20(15)29-7-6-26-21/h3-5,8-11H,1,6-7,25H2,2H3,(H2,24,27)(H,26,28)/b13-8+,18-12+. The summed E-state index contributed by atoms with van der Waals surface area (Å²) >= 11 is 6.07. The molecule has 1 aromatic heterocycles. The van der Waals surface area contributed by atoms with Crippen molar-refractivity contribution in [1.82, 2.24) is 4.98 Å². The first-order valence-corrected chi connectivity index (χ1v) is 9.24. The van der Waals surface area contributed by atoms with E-state index >= 15 is 0 Å². The lowest BCUT2D eigenvalue weighted by Crippen LogP contribution is -2.20. The Morgan fingerprint density at radius 2 is 2.21 bits per heavy atom. The second-order valence-corrected chi connectivity index (χ2v) is 6.72. The van der Waals surface area contributed by atoms with Gasteiger partial charge >= 0.3 is 0 Å². The van der Waals surface area contributed by atoms with Crippen LogP contribution in [0.15, 0.2) is 59.4 Å². The van der Waals surface area contributed by atoms with Crippen LogP contribution in [-0.4, -0.2) is 24.5 Å². The Bertz CT molecular complexity index is 1040. The summed E-state index contributed by atoms with van der Waals surface area (Å²) in [6.07, 6.45) is 4.54. The molecule has 0 saturated heterocycles. The number of hydrogen-bond donors (Lipinski definition) is 3. The number of rotatable bonds is 5. The van der Waals surface area contributed by atoms with Gasteiger partial charge in [-0.3, -0.25) is 0 Å². The molecule has 1 aliphatic rings. The van der Waals surface area contributed by atoms with Gasteiger partial charge in [0.1, 0.15) is 12.4 Å². The van der Waals surface area contributed by atoms with Crippen molar-refractivity contribution in [1.29, 1.82) is 0 Å². The normalized spacial score (nSPS) is 14.7. The molecular weight excluding hydrogens is 393 g/mol. The van der Waals surface area contributed by atoms with E-state index in [-0.39, 0.29) is 5.56 Å². The Morgan fingerprint density at radius 3 is 2.90 bits per heavy atom. The summed E-state index contributed by atoms with van der Waals surface area (Å²) in [6.45, 7) is 6.65. The van der Waals surface area contributed by atoms with Crippen LogP contribution in [0.3, 0.4) is 0 Å². The van der Waals surface area contributed by atoms with Crippen LogP contribution in [0, 0.1) is 5.82 Å². The fourth-order valence-electron chi connectivity index (χ4n) is 2.90. The summed E-state index contributed by atoms with van der Waals surface area (Å²) in [5, 5.41) is 3.60. The summed E-state index contributed by atoms with van der Waals surface area (Å²) in [5.41, 5.74) is 14.3. The Hall–Kier alpha value is -3.32. The summed E-state index contributed by atoms with van der Waals surface area (Å²) in [7, 11) is 0. The van der Waals surface area contributed by atoms with Crippen molar-refractivity contribution in [2.24, 2.45) is 16.5 Å². The minimum Gasteiger partial charge on any atom is -0.487 e. The monoisotopic (exact) mass is 413 g/mol. The third-order valence-electron chi connectivity index (χ3n) is 4.26. The van der Waals surface area contributed by atoms with Gasteiger partial charge in [0, 0.05) is 21.8 Å². The minimum atomic E-state index is -0.431. The molecule has 0 bridgehead atoms. The van der Waals surface area contributed by atoms with Gasteiger partial charge in [-0.05, 0) is 42.8 Å². The number of benzene rings is 1. The molecule has 0 atom stereocenters. The maximum Gasteiger partial charge on any atom is 0.170 e. The predicted molar refractivity (Wildman–Crippen MR) is 116 cm³/mol. The van der Waals surface area contributed by atoms with Gasteiger partial charge in [0.2, 0.25) is 0 Å². The number of nitrogens with two attached hydrogens (primary N) is 2. The van der Waals surface area contributed by atoms with Gasteiger partial charge in [-0.15, -0.1) is 0 Å². The number of anilines is 1. The summed E-state index contributed by atoms with van der Waals surface area (Å²) in [6, 6.07) is 6.05. The number of nitrogens with one attached hydrogen (secondary N) is 1. The van der Waals surface area contributed by atoms with Crippen LogP contribution < -0.4 is 21.5 Å². The SMILES string of the molecule is C=C\C(=C/C(/N=C\N)=C(/C)N)c1cc(-c2cc(Cl)ccc2F)nc2c1OCCN2. The minimum absolute atomic E-state index is 0.281. The Labute approximate surface area is 173 Å². The maximum atomic E-state index is 14.5. The van der Waals surface area contributed by atoms with E-state index in [1.54, 1.807) is 25.1 Å². The highest BCUT2D eigenvalue weighted by Gasteiger charge is 2.21. The average Bonchev–Trinajstić information content (AvgIpc) is 2.72. The maximum absolute atomic E-state index is 14.5. The zero-order valence-corrected chi connectivity index (χ0v) is 16.6. The lowest BCUT2D eigenvalue weighted by molar-refractivity contribution is 0.320. The molecule has 0 unspecified atom stereocenters. The molecule has 0 fully saturated rings. The number of aliphatic imine (C=N–C) groups is 1. The summed E-state index contributed by atoms with van der Waals surface area (Å²) in [5.74, 6) is 0.618. The molecular formula is C21H21ClFN5O. The second-order valence-electron chi connectivity index (χ2n) is 6.28. The smallest absolute Gasteiger partial charge is 0.170 e. The number of hydrogen-bond acceptors (Lipinski definition) is 5. The molecule has 3 rings (SSSR count). The van der Waals surface area contributed by atoms with Gasteiger partial charge < -0.3 is 21.5 Å². The van der Waals surface area contributed by atoms with Crippen LogP contribution in [0.5, 0.6) is 5.75 Å². The molecule has 0 amide bonds. The predicted octanol–water partition coefficient (Wildman–Crippen LogP) is 4.09. The van der Waals surface area contributed by atoms with E-state index in [2.05, 4.69) is 21.9 Å². The highest BCUT2D eigenvalue weighted by molar-refractivity contribution is 6.30. The molecule has 2 aromatic rings. The summed E-state index contributed by atoms with van der Waals surface area (Å²) < 4.78 is 20.3. The summed E-state index contributed by atoms with van der Waals surface area (Å²) in [4.78, 5) is 8.62. The van der Waals surface area contributed by atoms with Gasteiger partial charge in [-0.1, -0.05) is 24.3 Å². The number of pyridine rings is 1. The number of aromatic nitrogens is 1. The van der Waals surface area contributed by atoms with Gasteiger partial charge in [0.05, 0.1) is 24.3 Å². The van der Waals surface area contributed by atoms with Crippen molar-refractivity contribution < 1.29 is 9.13 Å². The fraction of sp³-hybridized carbons (Fsp3) is 0.143. The Kier molecular flexibility index (Phi) is 6.19. The Morgan fingerprint density at radius 1 is 1.41 bits per heavy atom.